The molecule has 0 aliphatic rings. The molecule has 1 heterocycles. The fourth-order valence-corrected chi connectivity index (χ4v) is 3.10. The van der Waals surface area contributed by atoms with E-state index in [1.54, 1.807) is 30.3 Å². The molecule has 3 aromatic rings. The number of aromatic nitrogens is 1. The van der Waals surface area contributed by atoms with Crippen molar-refractivity contribution in [1.29, 1.82) is 0 Å². The number of hydrogen-bond donors (Lipinski definition) is 1. The molecule has 0 spiro atoms. The molecular weight excluding hydrogens is 344 g/mol. The number of rotatable bonds is 4. The Kier molecular flexibility index (Phi) is 5.07. The van der Waals surface area contributed by atoms with Gasteiger partial charge in [0.25, 0.3) is 5.56 Å². The third-order valence-electron chi connectivity index (χ3n) is 4.43. The van der Waals surface area contributed by atoms with Crippen LogP contribution in [-0.2, 0) is 16.1 Å². The zero-order valence-electron chi connectivity index (χ0n) is 15.4. The van der Waals surface area contributed by atoms with Gasteiger partial charge in [0.2, 0.25) is 5.91 Å². The van der Waals surface area contributed by atoms with Crippen molar-refractivity contribution in [3.05, 3.63) is 75.6 Å². The molecule has 0 aliphatic heterocycles. The van der Waals surface area contributed by atoms with E-state index in [0.29, 0.717) is 11.3 Å². The summed E-state index contributed by atoms with van der Waals surface area (Å²) in [4.78, 5) is 36.4. The molecule has 0 radical (unpaired) electrons. The summed E-state index contributed by atoms with van der Waals surface area (Å²) in [5.41, 5.74) is 3.29. The van der Waals surface area contributed by atoms with Gasteiger partial charge in [-0.05, 0) is 49.2 Å². The van der Waals surface area contributed by atoms with Gasteiger partial charge in [-0.15, -0.1) is 0 Å². The third-order valence-corrected chi connectivity index (χ3v) is 4.43. The van der Waals surface area contributed by atoms with Crippen LogP contribution in [-0.4, -0.2) is 23.6 Å². The third kappa shape index (κ3) is 3.74. The number of benzene rings is 2. The molecule has 0 saturated heterocycles. The number of para-hydroxylation sites is 1. The number of nitrogens with one attached hydrogen (secondary N) is 1. The zero-order valence-corrected chi connectivity index (χ0v) is 15.4. The SMILES string of the molecule is COC(=O)c1ccc(NC(=O)Cn2c(=O)cc(C)c3cccc(C)c32)cc1. The number of nitrogens with zero attached hydrogens (tertiary/aromatic N) is 1. The van der Waals surface area contributed by atoms with Crippen molar-refractivity contribution in [3.63, 3.8) is 0 Å². The normalized spacial score (nSPS) is 10.6. The van der Waals surface area contributed by atoms with Gasteiger partial charge in [-0.3, -0.25) is 14.2 Å². The number of carbonyl (C=O) groups is 2. The Labute approximate surface area is 156 Å². The second kappa shape index (κ2) is 7.45. The maximum absolute atomic E-state index is 12.5. The van der Waals surface area contributed by atoms with Crippen LogP contribution in [0, 0.1) is 13.8 Å². The number of anilines is 1. The van der Waals surface area contributed by atoms with Crippen molar-refractivity contribution in [2.45, 2.75) is 20.4 Å². The lowest BCUT2D eigenvalue weighted by atomic mass is 10.1. The van der Waals surface area contributed by atoms with Gasteiger partial charge in [-0.2, -0.15) is 0 Å². The first-order chi connectivity index (χ1) is 12.9. The molecule has 3 rings (SSSR count). The van der Waals surface area contributed by atoms with Crippen LogP contribution >= 0.6 is 0 Å². The number of hydrogen-bond acceptors (Lipinski definition) is 4. The van der Waals surface area contributed by atoms with Crippen molar-refractivity contribution in [2.24, 2.45) is 0 Å². The van der Waals surface area contributed by atoms with Crippen LogP contribution < -0.4 is 10.9 Å². The first-order valence-electron chi connectivity index (χ1n) is 8.48. The molecule has 0 atom stereocenters. The fourth-order valence-electron chi connectivity index (χ4n) is 3.10. The number of aryl methyl sites for hydroxylation is 2. The molecule has 0 saturated carbocycles. The Balaban J connectivity index is 1.87. The van der Waals surface area contributed by atoms with Crippen LogP contribution in [0.3, 0.4) is 0 Å². The predicted octanol–water partition coefficient (Wildman–Crippen LogP) is 3.04. The van der Waals surface area contributed by atoms with Gasteiger partial charge in [0.1, 0.15) is 6.54 Å². The second-order valence-electron chi connectivity index (χ2n) is 6.34. The van der Waals surface area contributed by atoms with Crippen molar-refractivity contribution in [2.75, 3.05) is 12.4 Å². The molecule has 1 N–H and O–H groups in total. The molecule has 27 heavy (non-hydrogen) atoms. The Morgan fingerprint density at radius 1 is 1.04 bits per heavy atom. The lowest BCUT2D eigenvalue weighted by Crippen LogP contribution is -2.28. The van der Waals surface area contributed by atoms with Crippen LogP contribution in [0.4, 0.5) is 5.69 Å². The molecule has 138 valence electrons. The van der Waals surface area contributed by atoms with Gasteiger partial charge >= 0.3 is 5.97 Å². The molecule has 6 nitrogen and oxygen atoms in total. The highest BCUT2D eigenvalue weighted by atomic mass is 16.5. The summed E-state index contributed by atoms with van der Waals surface area (Å²) in [5.74, 6) is -0.766. The number of pyridine rings is 1. The Morgan fingerprint density at radius 2 is 1.74 bits per heavy atom. The van der Waals surface area contributed by atoms with E-state index in [9.17, 15) is 14.4 Å². The summed E-state index contributed by atoms with van der Waals surface area (Å²) in [6, 6.07) is 13.7. The summed E-state index contributed by atoms with van der Waals surface area (Å²) >= 11 is 0. The molecular formula is C21H20N2O4. The molecule has 0 unspecified atom stereocenters. The van der Waals surface area contributed by atoms with Gasteiger partial charge in [-0.25, -0.2) is 4.79 Å². The lowest BCUT2D eigenvalue weighted by molar-refractivity contribution is -0.116. The molecule has 0 fully saturated rings. The smallest absolute Gasteiger partial charge is 0.337 e. The molecule has 1 amide bonds. The number of methoxy groups -OCH3 is 1. The molecule has 1 aromatic heterocycles. The van der Waals surface area contributed by atoms with E-state index >= 15 is 0 Å². The predicted molar refractivity (Wildman–Crippen MR) is 104 cm³/mol. The van der Waals surface area contributed by atoms with E-state index in [0.717, 1.165) is 22.0 Å². The van der Waals surface area contributed by atoms with Gasteiger partial charge in [0.15, 0.2) is 0 Å². The monoisotopic (exact) mass is 364 g/mol. The average molecular weight is 364 g/mol. The topological polar surface area (TPSA) is 77.4 Å². The minimum Gasteiger partial charge on any atom is -0.465 e. The average Bonchev–Trinajstić information content (AvgIpc) is 2.65. The zero-order chi connectivity index (χ0) is 19.6. The van der Waals surface area contributed by atoms with Crippen LogP contribution in [0.25, 0.3) is 10.9 Å². The highest BCUT2D eigenvalue weighted by Gasteiger charge is 2.12. The van der Waals surface area contributed by atoms with Crippen LogP contribution in [0.15, 0.2) is 53.3 Å². The number of carbonyl (C=O) groups excluding carboxylic acids is 2. The van der Waals surface area contributed by atoms with Gasteiger partial charge in [-0.1, -0.05) is 18.2 Å². The van der Waals surface area contributed by atoms with E-state index in [4.69, 9.17) is 0 Å². The molecule has 6 heteroatoms. The number of esters is 1. The van der Waals surface area contributed by atoms with E-state index in [1.165, 1.54) is 11.7 Å². The molecule has 0 bridgehead atoms. The number of fused-ring (bicyclic) bond motifs is 1. The second-order valence-corrected chi connectivity index (χ2v) is 6.34. The largest absolute Gasteiger partial charge is 0.465 e. The summed E-state index contributed by atoms with van der Waals surface area (Å²) in [6.45, 7) is 3.71. The minimum atomic E-state index is -0.443. The summed E-state index contributed by atoms with van der Waals surface area (Å²) in [6.07, 6.45) is 0. The van der Waals surface area contributed by atoms with Crippen molar-refractivity contribution >= 4 is 28.5 Å². The molecule has 2 aromatic carbocycles. The van der Waals surface area contributed by atoms with E-state index < -0.39 is 5.97 Å². The quantitative estimate of drug-likeness (QED) is 0.722. The maximum atomic E-state index is 12.5. The van der Waals surface area contributed by atoms with Crippen molar-refractivity contribution < 1.29 is 14.3 Å². The van der Waals surface area contributed by atoms with Crippen LogP contribution in [0.1, 0.15) is 21.5 Å². The highest BCUT2D eigenvalue weighted by molar-refractivity contribution is 5.94. The van der Waals surface area contributed by atoms with Gasteiger partial charge in [0, 0.05) is 17.1 Å². The summed E-state index contributed by atoms with van der Waals surface area (Å²) < 4.78 is 6.13. The number of ether oxygens (including phenoxy) is 1. The Hall–Kier alpha value is -3.41. The van der Waals surface area contributed by atoms with E-state index in [2.05, 4.69) is 10.1 Å². The standard InChI is InChI=1S/C21H20N2O4/c1-13-5-4-6-17-14(2)11-19(25)23(20(13)17)12-18(24)22-16-9-7-15(8-10-16)21(26)27-3/h4-11H,12H2,1-3H3,(H,22,24). The Bertz CT molecular complexity index is 1080. The minimum absolute atomic E-state index is 0.0980. The van der Waals surface area contributed by atoms with Crippen molar-refractivity contribution in [3.8, 4) is 0 Å². The maximum Gasteiger partial charge on any atom is 0.337 e. The molecule has 0 aliphatic carbocycles. The first-order valence-corrected chi connectivity index (χ1v) is 8.48. The van der Waals surface area contributed by atoms with E-state index in [1.807, 2.05) is 32.0 Å². The lowest BCUT2D eigenvalue weighted by Gasteiger charge is -2.14. The fraction of sp³-hybridized carbons (Fsp3) is 0.190. The van der Waals surface area contributed by atoms with Crippen molar-refractivity contribution in [1.82, 2.24) is 4.57 Å². The number of amides is 1. The first kappa shape index (κ1) is 18.4. The Morgan fingerprint density at radius 3 is 2.41 bits per heavy atom. The van der Waals surface area contributed by atoms with Crippen LogP contribution in [0.2, 0.25) is 0 Å². The highest BCUT2D eigenvalue weighted by Crippen LogP contribution is 2.20. The van der Waals surface area contributed by atoms with E-state index in [-0.39, 0.29) is 18.0 Å². The van der Waals surface area contributed by atoms with Crippen LogP contribution in [0.5, 0.6) is 0 Å². The summed E-state index contributed by atoms with van der Waals surface area (Å²) in [5, 5.41) is 3.70. The van der Waals surface area contributed by atoms with Gasteiger partial charge in [0.05, 0.1) is 18.2 Å². The summed E-state index contributed by atoms with van der Waals surface area (Å²) in [7, 11) is 1.31. The van der Waals surface area contributed by atoms with Gasteiger partial charge < -0.3 is 10.1 Å².